The first-order valence-corrected chi connectivity index (χ1v) is 13.7. The molecular weight excluding hydrogens is 498 g/mol. The van der Waals surface area contributed by atoms with Gasteiger partial charge in [-0.15, -0.1) is 0 Å². The molecule has 0 radical (unpaired) electrons. The van der Waals surface area contributed by atoms with E-state index in [0.29, 0.717) is 36.6 Å². The molecule has 0 saturated heterocycles. The molecule has 1 aliphatic carbocycles. The molecule has 2 amide bonds. The SMILES string of the molecule is CCOC(=O)CCCNC(=O)Nc1nc2cc(OS(=O)(=O)c3ccc(NC4CCCC4)cc3)ccc2[nH]1. The first-order valence-electron chi connectivity index (χ1n) is 12.3. The molecule has 4 rings (SSSR count). The van der Waals surface area contributed by atoms with Gasteiger partial charge in [-0.2, -0.15) is 8.42 Å². The number of imidazole rings is 1. The van der Waals surface area contributed by atoms with Gasteiger partial charge in [0, 0.05) is 30.8 Å². The maximum Gasteiger partial charge on any atom is 0.339 e. The van der Waals surface area contributed by atoms with Gasteiger partial charge in [0.2, 0.25) is 5.95 Å². The Morgan fingerprint density at radius 3 is 2.59 bits per heavy atom. The van der Waals surface area contributed by atoms with Gasteiger partial charge < -0.3 is 24.5 Å². The van der Waals surface area contributed by atoms with Crippen LogP contribution in [0.5, 0.6) is 5.75 Å². The van der Waals surface area contributed by atoms with Gasteiger partial charge in [0.25, 0.3) is 0 Å². The average molecular weight is 530 g/mol. The van der Waals surface area contributed by atoms with E-state index in [1.54, 1.807) is 25.1 Å². The number of esters is 1. The van der Waals surface area contributed by atoms with Gasteiger partial charge in [0.05, 0.1) is 17.6 Å². The average Bonchev–Trinajstić information content (AvgIpc) is 3.51. The van der Waals surface area contributed by atoms with Crippen LogP contribution in [-0.2, 0) is 19.6 Å². The molecular formula is C25H31N5O6S. The quantitative estimate of drug-likeness (QED) is 0.164. The standard InChI is InChI=1S/C25H31N5O6S/c1-2-35-23(31)8-5-15-26-25(32)30-24-28-21-14-11-19(16-22(21)29-24)36-37(33,34)20-12-9-18(10-13-20)27-17-6-3-4-7-17/h9-14,16-17,27H,2-8,15H2,1H3,(H3,26,28,29,30,32). The molecule has 0 aliphatic heterocycles. The number of H-pyrrole nitrogens is 1. The summed E-state index contributed by atoms with van der Waals surface area (Å²) in [5, 5.41) is 8.63. The lowest BCUT2D eigenvalue weighted by molar-refractivity contribution is -0.143. The Labute approximate surface area is 215 Å². The van der Waals surface area contributed by atoms with Gasteiger partial charge in [-0.05, 0) is 62.6 Å². The molecule has 0 bridgehead atoms. The van der Waals surface area contributed by atoms with Crippen LogP contribution >= 0.6 is 0 Å². The number of benzene rings is 2. The molecule has 0 unspecified atom stereocenters. The summed E-state index contributed by atoms with van der Waals surface area (Å²) in [6.45, 7) is 2.35. The van der Waals surface area contributed by atoms with E-state index in [0.717, 1.165) is 18.5 Å². The van der Waals surface area contributed by atoms with Crippen LogP contribution in [0.2, 0.25) is 0 Å². The Bertz CT molecular complexity index is 1330. The fourth-order valence-electron chi connectivity index (χ4n) is 4.11. The van der Waals surface area contributed by atoms with Crippen molar-refractivity contribution in [1.82, 2.24) is 15.3 Å². The minimum atomic E-state index is -4.04. The van der Waals surface area contributed by atoms with E-state index in [4.69, 9.17) is 8.92 Å². The van der Waals surface area contributed by atoms with E-state index in [-0.39, 0.29) is 29.0 Å². The smallest absolute Gasteiger partial charge is 0.339 e. The summed E-state index contributed by atoms with van der Waals surface area (Å²) in [4.78, 5) is 30.7. The number of hydrogen-bond donors (Lipinski definition) is 4. The molecule has 1 saturated carbocycles. The summed E-state index contributed by atoms with van der Waals surface area (Å²) in [6, 6.07) is 11.1. The summed E-state index contributed by atoms with van der Waals surface area (Å²) < 4.78 is 35.7. The molecule has 1 aromatic heterocycles. The van der Waals surface area contributed by atoms with Gasteiger partial charge in [-0.1, -0.05) is 12.8 Å². The molecule has 1 heterocycles. The third-order valence-electron chi connectivity index (χ3n) is 5.91. The van der Waals surface area contributed by atoms with Crippen LogP contribution < -0.4 is 20.1 Å². The lowest BCUT2D eigenvalue weighted by Crippen LogP contribution is -2.30. The van der Waals surface area contributed by atoms with Crippen LogP contribution in [0.1, 0.15) is 45.4 Å². The van der Waals surface area contributed by atoms with Gasteiger partial charge in [0.1, 0.15) is 10.6 Å². The number of ether oxygens (including phenoxy) is 1. The topological polar surface area (TPSA) is 152 Å². The van der Waals surface area contributed by atoms with Gasteiger partial charge in [-0.25, -0.2) is 9.78 Å². The zero-order valence-electron chi connectivity index (χ0n) is 20.6. The largest absolute Gasteiger partial charge is 0.466 e. The third-order valence-corrected chi connectivity index (χ3v) is 7.17. The lowest BCUT2D eigenvalue weighted by Gasteiger charge is -2.14. The van der Waals surface area contributed by atoms with Gasteiger partial charge >= 0.3 is 22.1 Å². The maximum absolute atomic E-state index is 12.8. The van der Waals surface area contributed by atoms with Crippen LogP contribution in [0.4, 0.5) is 16.4 Å². The van der Waals surface area contributed by atoms with Crippen molar-refractivity contribution >= 4 is 44.8 Å². The van der Waals surface area contributed by atoms with Crippen molar-refractivity contribution in [3.63, 3.8) is 0 Å². The molecule has 198 valence electrons. The Kier molecular flexibility index (Phi) is 8.49. The number of fused-ring (bicyclic) bond motifs is 1. The van der Waals surface area contributed by atoms with Crippen LogP contribution in [0.15, 0.2) is 47.4 Å². The van der Waals surface area contributed by atoms with E-state index in [1.807, 2.05) is 0 Å². The van der Waals surface area contributed by atoms with Gasteiger partial charge in [0.15, 0.2) is 0 Å². The summed E-state index contributed by atoms with van der Waals surface area (Å²) >= 11 is 0. The summed E-state index contributed by atoms with van der Waals surface area (Å²) in [5.41, 5.74) is 1.89. The predicted octanol–water partition coefficient (Wildman–Crippen LogP) is 4.15. The second-order valence-corrected chi connectivity index (χ2v) is 10.3. The van der Waals surface area contributed by atoms with Crippen LogP contribution in [0, 0.1) is 0 Å². The Morgan fingerprint density at radius 1 is 1.11 bits per heavy atom. The Hall–Kier alpha value is -3.80. The lowest BCUT2D eigenvalue weighted by atomic mass is 10.2. The van der Waals surface area contributed by atoms with Crippen molar-refractivity contribution in [2.75, 3.05) is 23.8 Å². The molecule has 1 fully saturated rings. The number of aromatic nitrogens is 2. The van der Waals surface area contributed by atoms with E-state index in [2.05, 4.69) is 25.9 Å². The van der Waals surface area contributed by atoms with Crippen LogP contribution in [0.25, 0.3) is 11.0 Å². The highest BCUT2D eigenvalue weighted by molar-refractivity contribution is 7.87. The molecule has 37 heavy (non-hydrogen) atoms. The van der Waals surface area contributed by atoms with Crippen molar-refractivity contribution in [3.8, 4) is 5.75 Å². The molecule has 0 atom stereocenters. The van der Waals surface area contributed by atoms with Crippen LogP contribution in [0.3, 0.4) is 0 Å². The predicted molar refractivity (Wildman–Crippen MR) is 139 cm³/mol. The number of aromatic amines is 1. The number of nitrogens with zero attached hydrogens (tertiary/aromatic N) is 1. The monoisotopic (exact) mass is 529 g/mol. The summed E-state index contributed by atoms with van der Waals surface area (Å²) in [5.74, 6) is -0.0271. The number of nitrogens with one attached hydrogen (secondary N) is 4. The number of amides is 2. The fraction of sp³-hybridized carbons (Fsp3) is 0.400. The summed E-state index contributed by atoms with van der Waals surface area (Å²) in [7, 11) is -4.04. The van der Waals surface area contributed by atoms with E-state index in [1.165, 1.54) is 37.1 Å². The number of anilines is 2. The molecule has 3 aromatic rings. The summed E-state index contributed by atoms with van der Waals surface area (Å²) in [6.07, 6.45) is 5.33. The van der Waals surface area contributed by atoms with Crippen molar-refractivity contribution < 1.29 is 26.9 Å². The second-order valence-electron chi connectivity index (χ2n) is 8.74. The minimum absolute atomic E-state index is 0.0496. The third kappa shape index (κ3) is 7.35. The molecule has 0 spiro atoms. The number of rotatable bonds is 11. The highest BCUT2D eigenvalue weighted by Gasteiger charge is 2.19. The van der Waals surface area contributed by atoms with Crippen molar-refractivity contribution in [1.29, 1.82) is 0 Å². The molecule has 1 aliphatic rings. The highest BCUT2D eigenvalue weighted by atomic mass is 32.2. The highest BCUT2D eigenvalue weighted by Crippen LogP contribution is 2.26. The molecule has 11 nitrogen and oxygen atoms in total. The number of hydrogen-bond acceptors (Lipinski definition) is 8. The Morgan fingerprint density at radius 2 is 1.86 bits per heavy atom. The first kappa shape index (κ1) is 26.3. The number of carbonyl (C=O) groups is 2. The van der Waals surface area contributed by atoms with E-state index in [9.17, 15) is 18.0 Å². The Balaban J connectivity index is 1.32. The van der Waals surface area contributed by atoms with Crippen molar-refractivity contribution in [2.45, 2.75) is 56.4 Å². The van der Waals surface area contributed by atoms with Crippen molar-refractivity contribution in [3.05, 3.63) is 42.5 Å². The molecule has 4 N–H and O–H groups in total. The molecule has 2 aromatic carbocycles. The van der Waals surface area contributed by atoms with Crippen molar-refractivity contribution in [2.24, 2.45) is 0 Å². The second kappa shape index (κ2) is 12.0. The minimum Gasteiger partial charge on any atom is -0.466 e. The number of urea groups is 1. The zero-order valence-corrected chi connectivity index (χ0v) is 21.4. The zero-order chi connectivity index (χ0) is 26.3. The first-order chi connectivity index (χ1) is 17.8. The number of carbonyl (C=O) groups excluding carboxylic acids is 2. The maximum atomic E-state index is 12.8. The van der Waals surface area contributed by atoms with Gasteiger partial charge in [-0.3, -0.25) is 10.1 Å². The normalized spacial score (nSPS) is 13.9. The van der Waals surface area contributed by atoms with E-state index >= 15 is 0 Å². The van der Waals surface area contributed by atoms with E-state index < -0.39 is 16.1 Å². The molecule has 12 heteroatoms. The fourth-order valence-corrected chi connectivity index (χ4v) is 5.04. The van der Waals surface area contributed by atoms with Crippen LogP contribution in [-0.4, -0.2) is 49.6 Å².